The second kappa shape index (κ2) is 6.83. The van der Waals surface area contributed by atoms with Crippen LogP contribution in [0.15, 0.2) is 15.7 Å². The first-order valence-corrected chi connectivity index (χ1v) is 8.82. The van der Waals surface area contributed by atoms with Gasteiger partial charge in [0.1, 0.15) is 11.6 Å². The van der Waals surface area contributed by atoms with Gasteiger partial charge in [-0.2, -0.15) is 0 Å². The van der Waals surface area contributed by atoms with Gasteiger partial charge in [0.25, 0.3) is 0 Å². The van der Waals surface area contributed by atoms with Gasteiger partial charge in [0.15, 0.2) is 5.16 Å². The largest absolute Gasteiger partial charge is 0.361 e. The summed E-state index contributed by atoms with van der Waals surface area (Å²) in [5.41, 5.74) is 0.958. The monoisotopic (exact) mass is 321 g/mol. The van der Waals surface area contributed by atoms with E-state index in [9.17, 15) is 0 Å². The molecule has 2 aromatic rings. The number of hydrogen-bond acceptors (Lipinski definition) is 6. The van der Waals surface area contributed by atoms with Crippen molar-refractivity contribution in [3.63, 3.8) is 0 Å². The van der Waals surface area contributed by atoms with Crippen LogP contribution in [0.4, 0.5) is 0 Å². The van der Waals surface area contributed by atoms with Gasteiger partial charge in [-0.15, -0.1) is 10.2 Å². The van der Waals surface area contributed by atoms with Crippen LogP contribution in [-0.2, 0) is 12.8 Å². The van der Waals surface area contributed by atoms with E-state index in [1.165, 1.54) is 0 Å². The van der Waals surface area contributed by atoms with Gasteiger partial charge in [-0.3, -0.25) is 0 Å². The molecule has 1 aliphatic rings. The highest BCUT2D eigenvalue weighted by Gasteiger charge is 2.21. The van der Waals surface area contributed by atoms with E-state index in [4.69, 9.17) is 4.52 Å². The Labute approximate surface area is 135 Å². The summed E-state index contributed by atoms with van der Waals surface area (Å²) in [6, 6.07) is 2.03. The lowest BCUT2D eigenvalue weighted by atomic mass is 9.97. The predicted molar refractivity (Wildman–Crippen MR) is 86.0 cm³/mol. The SMILES string of the molecule is CC(C)c1cc(CSc2nnc(C3CCNCC3)n2C)no1. The van der Waals surface area contributed by atoms with Gasteiger partial charge in [0, 0.05) is 30.7 Å². The molecule has 0 bridgehead atoms. The van der Waals surface area contributed by atoms with Crippen LogP contribution < -0.4 is 5.32 Å². The zero-order valence-electron chi connectivity index (χ0n) is 13.4. The predicted octanol–water partition coefficient (Wildman–Crippen LogP) is 2.69. The Morgan fingerprint density at radius 2 is 2.14 bits per heavy atom. The van der Waals surface area contributed by atoms with Gasteiger partial charge in [-0.1, -0.05) is 30.8 Å². The first-order valence-electron chi connectivity index (χ1n) is 7.83. The average Bonchev–Trinajstić information content (AvgIpc) is 3.13. The molecular formula is C15H23N5OS. The third-order valence-electron chi connectivity index (χ3n) is 4.07. The lowest BCUT2D eigenvalue weighted by Crippen LogP contribution is -2.27. The molecule has 1 N–H and O–H groups in total. The summed E-state index contributed by atoms with van der Waals surface area (Å²) in [6.45, 7) is 6.34. The second-order valence-electron chi connectivity index (χ2n) is 6.09. The maximum absolute atomic E-state index is 5.33. The molecule has 0 atom stereocenters. The maximum Gasteiger partial charge on any atom is 0.191 e. The summed E-state index contributed by atoms with van der Waals surface area (Å²) < 4.78 is 7.46. The molecule has 1 fully saturated rings. The van der Waals surface area contributed by atoms with E-state index in [-0.39, 0.29) is 0 Å². The van der Waals surface area contributed by atoms with Crippen LogP contribution in [0, 0.1) is 0 Å². The van der Waals surface area contributed by atoms with Crippen molar-refractivity contribution in [3.05, 3.63) is 23.3 Å². The molecule has 0 unspecified atom stereocenters. The molecule has 120 valence electrons. The van der Waals surface area contributed by atoms with Crippen molar-refractivity contribution >= 4 is 11.8 Å². The Bertz CT molecular complexity index is 615. The molecule has 0 radical (unpaired) electrons. The fourth-order valence-electron chi connectivity index (χ4n) is 2.69. The Morgan fingerprint density at radius 1 is 1.36 bits per heavy atom. The van der Waals surface area contributed by atoms with Crippen molar-refractivity contribution < 1.29 is 4.52 Å². The van der Waals surface area contributed by atoms with Crippen molar-refractivity contribution in [2.24, 2.45) is 7.05 Å². The number of hydrogen-bond donors (Lipinski definition) is 1. The Kier molecular flexibility index (Phi) is 4.83. The van der Waals surface area contributed by atoms with Crippen LogP contribution in [0.1, 0.15) is 55.8 Å². The highest BCUT2D eigenvalue weighted by Crippen LogP contribution is 2.28. The van der Waals surface area contributed by atoms with Crippen molar-refractivity contribution in [1.29, 1.82) is 0 Å². The minimum absolute atomic E-state index is 0.368. The quantitative estimate of drug-likeness (QED) is 0.854. The van der Waals surface area contributed by atoms with Gasteiger partial charge in [-0.25, -0.2) is 0 Å². The zero-order chi connectivity index (χ0) is 15.5. The molecule has 0 saturated carbocycles. The van der Waals surface area contributed by atoms with E-state index in [0.29, 0.717) is 11.8 Å². The first-order chi connectivity index (χ1) is 10.6. The fraction of sp³-hybridized carbons (Fsp3) is 0.667. The Morgan fingerprint density at radius 3 is 2.82 bits per heavy atom. The van der Waals surface area contributed by atoms with Crippen molar-refractivity contribution in [2.75, 3.05) is 13.1 Å². The molecule has 1 saturated heterocycles. The number of thioether (sulfide) groups is 1. The fourth-order valence-corrected chi connectivity index (χ4v) is 3.49. The van der Waals surface area contributed by atoms with E-state index in [1.807, 2.05) is 6.07 Å². The number of nitrogens with one attached hydrogen (secondary N) is 1. The molecule has 0 spiro atoms. The van der Waals surface area contributed by atoms with Crippen molar-refractivity contribution in [1.82, 2.24) is 25.2 Å². The highest BCUT2D eigenvalue weighted by atomic mass is 32.2. The average molecular weight is 321 g/mol. The number of rotatable bonds is 5. The molecule has 7 heteroatoms. The molecule has 1 aliphatic heterocycles. The number of nitrogens with zero attached hydrogens (tertiary/aromatic N) is 4. The summed E-state index contributed by atoms with van der Waals surface area (Å²) in [5, 5.41) is 17.2. The molecule has 0 aliphatic carbocycles. The molecule has 0 aromatic carbocycles. The van der Waals surface area contributed by atoms with Crippen molar-refractivity contribution in [3.8, 4) is 0 Å². The van der Waals surface area contributed by atoms with Gasteiger partial charge in [0.2, 0.25) is 0 Å². The minimum atomic E-state index is 0.368. The molecule has 2 aromatic heterocycles. The van der Waals surface area contributed by atoms with Gasteiger partial charge >= 0.3 is 0 Å². The van der Waals surface area contributed by atoms with Crippen LogP contribution in [-0.4, -0.2) is 33.0 Å². The zero-order valence-corrected chi connectivity index (χ0v) is 14.2. The smallest absolute Gasteiger partial charge is 0.191 e. The van der Waals surface area contributed by atoms with Gasteiger partial charge in [0.05, 0.1) is 5.69 Å². The third kappa shape index (κ3) is 3.35. The highest BCUT2D eigenvalue weighted by molar-refractivity contribution is 7.98. The van der Waals surface area contributed by atoms with E-state index >= 15 is 0 Å². The lowest BCUT2D eigenvalue weighted by Gasteiger charge is -2.21. The molecule has 6 nitrogen and oxygen atoms in total. The Hall–Kier alpha value is -1.34. The molecule has 0 amide bonds. The van der Waals surface area contributed by atoms with Crippen molar-refractivity contribution in [2.45, 2.75) is 49.4 Å². The minimum Gasteiger partial charge on any atom is -0.361 e. The van der Waals surface area contributed by atoms with Crippen LogP contribution in [0.3, 0.4) is 0 Å². The van der Waals surface area contributed by atoms with E-state index in [2.05, 4.69) is 46.1 Å². The van der Waals surface area contributed by atoms with E-state index < -0.39 is 0 Å². The molecule has 3 heterocycles. The summed E-state index contributed by atoms with van der Waals surface area (Å²) in [5.74, 6) is 3.69. The topological polar surface area (TPSA) is 68.8 Å². The summed E-state index contributed by atoms with van der Waals surface area (Å²) in [6.07, 6.45) is 2.27. The standard InChI is InChI=1S/C15H23N5OS/c1-10(2)13-8-12(19-21-13)9-22-15-18-17-14(20(15)3)11-4-6-16-7-5-11/h8,10-11,16H,4-7,9H2,1-3H3. The molecule has 22 heavy (non-hydrogen) atoms. The van der Waals surface area contributed by atoms with E-state index in [1.54, 1.807) is 11.8 Å². The van der Waals surface area contributed by atoms with Crippen LogP contribution >= 0.6 is 11.8 Å². The van der Waals surface area contributed by atoms with Gasteiger partial charge in [-0.05, 0) is 25.9 Å². The second-order valence-corrected chi connectivity index (χ2v) is 7.03. The van der Waals surface area contributed by atoms with E-state index in [0.717, 1.165) is 54.1 Å². The summed E-state index contributed by atoms with van der Waals surface area (Å²) >= 11 is 1.66. The van der Waals surface area contributed by atoms with Crippen LogP contribution in [0.5, 0.6) is 0 Å². The van der Waals surface area contributed by atoms with Crippen LogP contribution in [0.25, 0.3) is 0 Å². The first kappa shape index (κ1) is 15.6. The normalized spacial score (nSPS) is 16.5. The van der Waals surface area contributed by atoms with Crippen LogP contribution in [0.2, 0.25) is 0 Å². The number of aromatic nitrogens is 4. The summed E-state index contributed by atoms with van der Waals surface area (Å²) in [7, 11) is 2.06. The lowest BCUT2D eigenvalue weighted by molar-refractivity contribution is 0.367. The maximum atomic E-state index is 5.33. The van der Waals surface area contributed by atoms with Gasteiger partial charge < -0.3 is 14.4 Å². The molecular weight excluding hydrogens is 298 g/mol. The summed E-state index contributed by atoms with van der Waals surface area (Å²) in [4.78, 5) is 0. The molecule has 3 rings (SSSR count). The Balaban J connectivity index is 1.64. The third-order valence-corrected chi connectivity index (χ3v) is 5.12. The number of piperidine rings is 1.